The maximum absolute atomic E-state index is 12.0. The molecule has 1 unspecified atom stereocenters. The summed E-state index contributed by atoms with van der Waals surface area (Å²) in [6.07, 6.45) is 2.11. The Morgan fingerprint density at radius 3 is 2.58 bits per heavy atom. The number of hydrogen-bond acceptors (Lipinski definition) is 2. The quantitative estimate of drug-likeness (QED) is 0.624. The summed E-state index contributed by atoms with van der Waals surface area (Å²) in [5, 5.41) is 12.0. The van der Waals surface area contributed by atoms with Gasteiger partial charge in [-0.1, -0.05) is 15.9 Å². The highest BCUT2D eigenvalue weighted by Gasteiger charge is 2.25. The van der Waals surface area contributed by atoms with Gasteiger partial charge in [-0.25, -0.2) is 0 Å². The van der Waals surface area contributed by atoms with Gasteiger partial charge in [0.2, 0.25) is 0 Å². The summed E-state index contributed by atoms with van der Waals surface area (Å²) >= 11 is 3.49. The fourth-order valence-corrected chi connectivity index (χ4v) is 3.59. The molecule has 2 atom stereocenters. The Morgan fingerprint density at radius 1 is 1.37 bits per heavy atom. The molecule has 0 saturated carbocycles. The molecule has 1 heterocycles. The predicted octanol–water partition coefficient (Wildman–Crippen LogP) is 3.80. The van der Waals surface area contributed by atoms with E-state index in [1.165, 1.54) is 0 Å². The SMILES string of the molecule is Cc1cc(Br)cc(C)c1OCC1CCC[N@+](C)([O-])C1. The molecular formula is C15H22BrNO2. The number of hydroxylamine groups is 3. The number of nitrogens with zero attached hydrogens (tertiary/aromatic N) is 1. The first kappa shape index (κ1) is 14.8. The van der Waals surface area contributed by atoms with Crippen molar-refractivity contribution < 1.29 is 9.38 Å². The lowest BCUT2D eigenvalue weighted by molar-refractivity contribution is -0.869. The number of halogens is 1. The lowest BCUT2D eigenvalue weighted by Crippen LogP contribution is -2.47. The number of quaternary nitrogens is 1. The Bertz CT molecular complexity index is 436. The van der Waals surface area contributed by atoms with Crippen LogP contribution < -0.4 is 4.74 Å². The zero-order valence-electron chi connectivity index (χ0n) is 11.9. The van der Waals surface area contributed by atoms with Crippen molar-refractivity contribution in [3.63, 3.8) is 0 Å². The van der Waals surface area contributed by atoms with Crippen LogP contribution in [0.2, 0.25) is 0 Å². The third-order valence-corrected chi connectivity index (χ3v) is 4.23. The number of hydrogen-bond donors (Lipinski definition) is 0. The molecule has 1 aliphatic rings. The summed E-state index contributed by atoms with van der Waals surface area (Å²) in [5.41, 5.74) is 2.28. The third kappa shape index (κ3) is 3.94. The van der Waals surface area contributed by atoms with Gasteiger partial charge in [-0.05, 0) is 49.9 Å². The van der Waals surface area contributed by atoms with Crippen LogP contribution in [0.15, 0.2) is 16.6 Å². The van der Waals surface area contributed by atoms with Crippen molar-refractivity contribution >= 4 is 15.9 Å². The van der Waals surface area contributed by atoms with Gasteiger partial charge in [-0.3, -0.25) is 0 Å². The van der Waals surface area contributed by atoms with E-state index < -0.39 is 0 Å². The summed E-state index contributed by atoms with van der Waals surface area (Å²) in [6.45, 7) is 6.18. The van der Waals surface area contributed by atoms with Gasteiger partial charge in [0.15, 0.2) is 0 Å². The normalized spacial score (nSPS) is 27.3. The molecule has 0 amide bonds. The first-order valence-electron chi connectivity index (χ1n) is 6.82. The minimum absolute atomic E-state index is 0.119. The maximum Gasteiger partial charge on any atom is 0.125 e. The molecule has 0 bridgehead atoms. The lowest BCUT2D eigenvalue weighted by Gasteiger charge is -2.44. The van der Waals surface area contributed by atoms with Crippen molar-refractivity contribution in [2.75, 3.05) is 26.7 Å². The minimum Gasteiger partial charge on any atom is -0.633 e. The number of ether oxygens (including phenoxy) is 1. The molecule has 106 valence electrons. The van der Waals surface area contributed by atoms with Gasteiger partial charge in [0, 0.05) is 10.4 Å². The molecular weight excluding hydrogens is 306 g/mol. The van der Waals surface area contributed by atoms with Crippen LogP contribution in [0.25, 0.3) is 0 Å². The van der Waals surface area contributed by atoms with Crippen molar-refractivity contribution in [3.05, 3.63) is 32.9 Å². The summed E-state index contributed by atoms with van der Waals surface area (Å²) in [7, 11) is 1.77. The van der Waals surface area contributed by atoms with E-state index in [4.69, 9.17) is 4.74 Å². The molecule has 1 aliphatic heterocycles. The highest BCUT2D eigenvalue weighted by molar-refractivity contribution is 9.10. The Balaban J connectivity index is 1.99. The van der Waals surface area contributed by atoms with Crippen LogP contribution in [0.4, 0.5) is 0 Å². The topological polar surface area (TPSA) is 32.3 Å². The molecule has 3 nitrogen and oxygen atoms in total. The van der Waals surface area contributed by atoms with Gasteiger partial charge < -0.3 is 14.6 Å². The van der Waals surface area contributed by atoms with Crippen LogP contribution in [-0.2, 0) is 0 Å². The van der Waals surface area contributed by atoms with E-state index in [1.807, 2.05) is 0 Å². The Kier molecular flexibility index (Phi) is 4.54. The predicted molar refractivity (Wildman–Crippen MR) is 81.1 cm³/mol. The maximum atomic E-state index is 12.0. The number of rotatable bonds is 3. The molecule has 19 heavy (non-hydrogen) atoms. The van der Waals surface area contributed by atoms with Gasteiger partial charge >= 0.3 is 0 Å². The fourth-order valence-electron chi connectivity index (χ4n) is 2.91. The molecule has 0 radical (unpaired) electrons. The molecule has 2 rings (SSSR count). The first-order chi connectivity index (χ1) is 8.87. The molecule has 1 aromatic carbocycles. The van der Waals surface area contributed by atoms with Gasteiger partial charge in [0.1, 0.15) is 5.75 Å². The van der Waals surface area contributed by atoms with Crippen molar-refractivity contribution in [2.45, 2.75) is 26.7 Å². The average Bonchev–Trinajstić information content (AvgIpc) is 2.26. The van der Waals surface area contributed by atoms with Crippen LogP contribution in [0.3, 0.4) is 0 Å². The number of aryl methyl sites for hydroxylation is 2. The molecule has 0 N–H and O–H groups in total. The number of likely N-dealkylation sites (tertiary alicyclic amines) is 1. The number of piperidine rings is 1. The summed E-state index contributed by atoms with van der Waals surface area (Å²) in [5.74, 6) is 1.34. The average molecular weight is 328 g/mol. The Labute approximate surface area is 123 Å². The molecule has 1 saturated heterocycles. The highest BCUT2D eigenvalue weighted by atomic mass is 79.9. The Morgan fingerprint density at radius 2 is 2.00 bits per heavy atom. The van der Waals surface area contributed by atoms with Crippen LogP contribution in [0.1, 0.15) is 24.0 Å². The van der Waals surface area contributed by atoms with E-state index in [2.05, 4.69) is 41.9 Å². The van der Waals surface area contributed by atoms with E-state index in [1.54, 1.807) is 7.05 Å². The van der Waals surface area contributed by atoms with Gasteiger partial charge in [0.25, 0.3) is 0 Å². The van der Waals surface area contributed by atoms with Crippen molar-refractivity contribution in [1.29, 1.82) is 0 Å². The second-order valence-corrected chi connectivity index (χ2v) is 6.81. The second-order valence-electron chi connectivity index (χ2n) is 5.89. The second kappa shape index (κ2) is 5.81. The zero-order chi connectivity index (χ0) is 14.0. The number of benzene rings is 1. The van der Waals surface area contributed by atoms with E-state index in [0.29, 0.717) is 19.1 Å². The lowest BCUT2D eigenvalue weighted by atomic mass is 9.99. The van der Waals surface area contributed by atoms with Crippen molar-refractivity contribution in [1.82, 2.24) is 0 Å². The van der Waals surface area contributed by atoms with Gasteiger partial charge in [-0.2, -0.15) is 0 Å². The first-order valence-corrected chi connectivity index (χ1v) is 7.62. The zero-order valence-corrected chi connectivity index (χ0v) is 13.5. The van der Waals surface area contributed by atoms with E-state index in [0.717, 1.165) is 40.7 Å². The Hall–Kier alpha value is -0.580. The van der Waals surface area contributed by atoms with Gasteiger partial charge in [-0.15, -0.1) is 0 Å². The minimum atomic E-state index is -0.119. The van der Waals surface area contributed by atoms with Crippen LogP contribution in [0.5, 0.6) is 5.75 Å². The molecule has 0 aromatic heterocycles. The molecule has 4 heteroatoms. The van der Waals surface area contributed by atoms with Crippen molar-refractivity contribution in [2.24, 2.45) is 5.92 Å². The third-order valence-electron chi connectivity index (χ3n) is 3.78. The molecule has 0 spiro atoms. The molecule has 0 aliphatic carbocycles. The molecule has 1 fully saturated rings. The van der Waals surface area contributed by atoms with Gasteiger partial charge in [0.05, 0.1) is 26.7 Å². The van der Waals surface area contributed by atoms with Crippen LogP contribution in [0, 0.1) is 25.0 Å². The monoisotopic (exact) mass is 327 g/mol. The fraction of sp³-hybridized carbons (Fsp3) is 0.600. The van der Waals surface area contributed by atoms with E-state index in [9.17, 15) is 5.21 Å². The standard InChI is InChI=1S/C15H22BrNO2/c1-11-7-14(16)8-12(2)15(11)19-10-13-5-4-6-17(3,18)9-13/h7-8,13H,4-6,9-10H2,1-3H3/t13?,17-/m0/s1. The van der Waals surface area contributed by atoms with E-state index in [-0.39, 0.29) is 4.65 Å². The highest BCUT2D eigenvalue weighted by Crippen LogP contribution is 2.29. The van der Waals surface area contributed by atoms with Crippen LogP contribution >= 0.6 is 15.9 Å². The molecule has 1 aromatic rings. The smallest absolute Gasteiger partial charge is 0.125 e. The largest absolute Gasteiger partial charge is 0.633 e. The summed E-state index contributed by atoms with van der Waals surface area (Å²) < 4.78 is 6.95. The summed E-state index contributed by atoms with van der Waals surface area (Å²) in [4.78, 5) is 0. The summed E-state index contributed by atoms with van der Waals surface area (Å²) in [6, 6.07) is 4.13. The van der Waals surface area contributed by atoms with Crippen LogP contribution in [-0.4, -0.2) is 31.4 Å². The van der Waals surface area contributed by atoms with E-state index >= 15 is 0 Å². The van der Waals surface area contributed by atoms with Crippen molar-refractivity contribution in [3.8, 4) is 5.75 Å².